The van der Waals surface area contributed by atoms with Crippen LogP contribution < -0.4 is 5.32 Å². The minimum absolute atomic E-state index is 0.109. The van der Waals surface area contributed by atoms with Crippen molar-refractivity contribution in [2.75, 3.05) is 5.32 Å². The van der Waals surface area contributed by atoms with Crippen molar-refractivity contribution < 1.29 is 9.31 Å². The molecule has 0 spiro atoms. The van der Waals surface area contributed by atoms with Crippen LogP contribution in [0.5, 0.6) is 0 Å². The summed E-state index contributed by atoms with van der Waals surface area (Å²) in [5, 5.41) is 14.3. The summed E-state index contributed by atoms with van der Waals surface area (Å²) in [6, 6.07) is 8.99. The molecule has 2 aromatic carbocycles. The highest BCUT2D eigenvalue weighted by atomic mass is 35.5. The van der Waals surface area contributed by atoms with Crippen molar-refractivity contribution in [3.05, 3.63) is 68.5 Å². The summed E-state index contributed by atoms with van der Waals surface area (Å²) in [6.07, 6.45) is 0. The number of benzene rings is 2. The van der Waals surface area contributed by atoms with Gasteiger partial charge in [0, 0.05) is 12.1 Å². The van der Waals surface area contributed by atoms with Crippen molar-refractivity contribution >= 4 is 23.0 Å². The molecule has 0 aliphatic heterocycles. The van der Waals surface area contributed by atoms with Gasteiger partial charge in [-0.05, 0) is 37.1 Å². The first-order valence-corrected chi connectivity index (χ1v) is 6.73. The van der Waals surface area contributed by atoms with Crippen molar-refractivity contribution in [3.8, 4) is 0 Å². The van der Waals surface area contributed by atoms with Crippen LogP contribution in [0.25, 0.3) is 0 Å². The van der Waals surface area contributed by atoms with E-state index < -0.39 is 4.92 Å². The Kier molecular flexibility index (Phi) is 4.43. The Bertz CT molecular complexity index is 691. The maximum absolute atomic E-state index is 13.6. The van der Waals surface area contributed by atoms with E-state index in [1.165, 1.54) is 18.2 Å². The molecular formula is C15H14ClFN2O2. The van der Waals surface area contributed by atoms with Gasteiger partial charge in [-0.2, -0.15) is 0 Å². The molecule has 21 heavy (non-hydrogen) atoms. The van der Waals surface area contributed by atoms with E-state index in [9.17, 15) is 14.5 Å². The number of nitrogens with zero attached hydrogens (tertiary/aromatic N) is 1. The maximum Gasteiger partial charge on any atom is 0.293 e. The zero-order chi connectivity index (χ0) is 15.6. The largest absolute Gasteiger partial charge is 0.372 e. The van der Waals surface area contributed by atoms with Crippen LogP contribution in [-0.4, -0.2) is 4.92 Å². The molecular weight excluding hydrogens is 295 g/mol. The van der Waals surface area contributed by atoms with Gasteiger partial charge in [0.15, 0.2) is 0 Å². The average molecular weight is 309 g/mol. The van der Waals surface area contributed by atoms with Crippen LogP contribution in [0.1, 0.15) is 24.1 Å². The average Bonchev–Trinajstić information content (AvgIpc) is 2.43. The maximum atomic E-state index is 13.6. The molecule has 0 bridgehead atoms. The summed E-state index contributed by atoms with van der Waals surface area (Å²) in [5.41, 5.74) is 1.36. The zero-order valence-corrected chi connectivity index (χ0v) is 12.3. The third-order valence-electron chi connectivity index (χ3n) is 3.25. The molecule has 1 atom stereocenters. The number of nitro groups is 1. The van der Waals surface area contributed by atoms with Crippen LogP contribution in [0.4, 0.5) is 15.8 Å². The lowest BCUT2D eigenvalue weighted by atomic mass is 10.1. The highest BCUT2D eigenvalue weighted by Crippen LogP contribution is 2.34. The number of halogens is 2. The summed E-state index contributed by atoms with van der Waals surface area (Å²) in [4.78, 5) is 10.5. The van der Waals surface area contributed by atoms with Gasteiger partial charge in [0.25, 0.3) is 5.69 Å². The van der Waals surface area contributed by atoms with E-state index in [2.05, 4.69) is 5.32 Å². The summed E-state index contributed by atoms with van der Waals surface area (Å²) >= 11 is 6.02. The molecule has 6 heteroatoms. The van der Waals surface area contributed by atoms with Gasteiger partial charge in [-0.15, -0.1) is 0 Å². The van der Waals surface area contributed by atoms with Gasteiger partial charge in [0.05, 0.1) is 9.95 Å². The van der Waals surface area contributed by atoms with E-state index >= 15 is 0 Å². The fourth-order valence-electron chi connectivity index (χ4n) is 1.99. The molecule has 1 N–H and O–H groups in total. The molecule has 2 rings (SSSR count). The molecule has 0 amide bonds. The molecule has 0 radical (unpaired) electrons. The number of hydrogen-bond donors (Lipinski definition) is 1. The zero-order valence-electron chi connectivity index (χ0n) is 11.6. The number of hydrogen-bond acceptors (Lipinski definition) is 3. The standard InChI is InChI=1S/C15H14ClFN2O2/c1-9-6-7-11(8-13(9)17)10(2)18-15-12(16)4-3-5-14(15)19(20)21/h3-8,10,18H,1-2H3. The second kappa shape index (κ2) is 6.10. The second-order valence-electron chi connectivity index (χ2n) is 4.77. The Morgan fingerprint density at radius 2 is 2.05 bits per heavy atom. The predicted octanol–water partition coefficient (Wildman–Crippen LogP) is 4.87. The van der Waals surface area contributed by atoms with E-state index in [0.29, 0.717) is 11.1 Å². The quantitative estimate of drug-likeness (QED) is 0.647. The molecule has 0 aliphatic carbocycles. The second-order valence-corrected chi connectivity index (χ2v) is 5.17. The molecule has 0 aliphatic rings. The molecule has 4 nitrogen and oxygen atoms in total. The van der Waals surface area contributed by atoms with Crippen LogP contribution in [0.3, 0.4) is 0 Å². The summed E-state index contributed by atoms with van der Waals surface area (Å²) in [6.45, 7) is 3.47. The lowest BCUT2D eigenvalue weighted by molar-refractivity contribution is -0.384. The minimum atomic E-state index is -0.503. The van der Waals surface area contributed by atoms with Gasteiger partial charge in [0.2, 0.25) is 0 Å². The summed E-state index contributed by atoms with van der Waals surface area (Å²) in [7, 11) is 0. The number of para-hydroxylation sites is 1. The van der Waals surface area contributed by atoms with Crippen LogP contribution >= 0.6 is 11.6 Å². The van der Waals surface area contributed by atoms with E-state index in [1.54, 1.807) is 32.0 Å². The molecule has 0 heterocycles. The molecule has 110 valence electrons. The van der Waals surface area contributed by atoms with Crippen molar-refractivity contribution in [1.29, 1.82) is 0 Å². The van der Waals surface area contributed by atoms with Gasteiger partial charge >= 0.3 is 0 Å². The highest BCUT2D eigenvalue weighted by molar-refractivity contribution is 6.33. The number of nitrogens with one attached hydrogen (secondary N) is 1. The minimum Gasteiger partial charge on any atom is -0.372 e. The smallest absolute Gasteiger partial charge is 0.293 e. The number of anilines is 1. The van der Waals surface area contributed by atoms with Crippen LogP contribution in [0.2, 0.25) is 5.02 Å². The molecule has 0 aromatic heterocycles. The first-order chi connectivity index (χ1) is 9.90. The Morgan fingerprint density at radius 3 is 2.67 bits per heavy atom. The molecule has 0 saturated heterocycles. The van der Waals surface area contributed by atoms with Gasteiger partial charge in [-0.25, -0.2) is 4.39 Å². The Hall–Kier alpha value is -2.14. The van der Waals surface area contributed by atoms with Crippen LogP contribution in [0, 0.1) is 22.9 Å². The highest BCUT2D eigenvalue weighted by Gasteiger charge is 2.19. The van der Waals surface area contributed by atoms with E-state index in [4.69, 9.17) is 11.6 Å². The van der Waals surface area contributed by atoms with Crippen molar-refractivity contribution in [1.82, 2.24) is 0 Å². The lowest BCUT2D eigenvalue weighted by Crippen LogP contribution is -2.09. The predicted molar refractivity (Wildman–Crippen MR) is 81.3 cm³/mol. The van der Waals surface area contributed by atoms with Gasteiger partial charge in [-0.3, -0.25) is 10.1 Å². The van der Waals surface area contributed by atoms with Crippen molar-refractivity contribution in [3.63, 3.8) is 0 Å². The van der Waals surface area contributed by atoms with Gasteiger partial charge in [0.1, 0.15) is 11.5 Å². The molecule has 2 aromatic rings. The first-order valence-electron chi connectivity index (χ1n) is 6.35. The number of aryl methyl sites for hydroxylation is 1. The lowest BCUT2D eigenvalue weighted by Gasteiger charge is -2.17. The third kappa shape index (κ3) is 3.31. The molecule has 0 fully saturated rings. The van der Waals surface area contributed by atoms with Gasteiger partial charge < -0.3 is 5.32 Å². The Labute approximate surface area is 126 Å². The summed E-state index contributed by atoms with van der Waals surface area (Å²) < 4.78 is 13.6. The van der Waals surface area contributed by atoms with Crippen molar-refractivity contribution in [2.45, 2.75) is 19.9 Å². The van der Waals surface area contributed by atoms with Crippen LogP contribution in [-0.2, 0) is 0 Å². The fourth-order valence-corrected chi connectivity index (χ4v) is 2.21. The topological polar surface area (TPSA) is 55.2 Å². The van der Waals surface area contributed by atoms with E-state index in [0.717, 1.165) is 0 Å². The summed E-state index contributed by atoms with van der Waals surface area (Å²) in [5.74, 6) is -0.310. The SMILES string of the molecule is Cc1ccc(C(C)Nc2c(Cl)cccc2[N+](=O)[O-])cc1F. The Balaban J connectivity index is 2.33. The Morgan fingerprint density at radius 1 is 1.33 bits per heavy atom. The van der Waals surface area contributed by atoms with E-state index in [1.807, 2.05) is 0 Å². The fraction of sp³-hybridized carbons (Fsp3) is 0.200. The third-order valence-corrected chi connectivity index (χ3v) is 3.56. The number of rotatable bonds is 4. The molecule has 1 unspecified atom stereocenters. The monoisotopic (exact) mass is 308 g/mol. The van der Waals surface area contributed by atoms with Gasteiger partial charge in [-0.1, -0.05) is 29.8 Å². The van der Waals surface area contributed by atoms with Crippen LogP contribution in [0.15, 0.2) is 36.4 Å². The number of nitro benzene ring substituents is 1. The molecule has 0 saturated carbocycles. The van der Waals surface area contributed by atoms with E-state index in [-0.39, 0.29) is 28.3 Å². The van der Waals surface area contributed by atoms with Crippen molar-refractivity contribution in [2.24, 2.45) is 0 Å². The normalized spacial score (nSPS) is 12.0. The first kappa shape index (κ1) is 15.3.